The average Bonchev–Trinajstić information content (AvgIpc) is 3.07. The summed E-state index contributed by atoms with van der Waals surface area (Å²) in [4.78, 5) is 0. The van der Waals surface area contributed by atoms with Crippen molar-refractivity contribution in [2.75, 3.05) is 12.4 Å². The van der Waals surface area contributed by atoms with Gasteiger partial charge in [-0.25, -0.2) is 12.8 Å². The van der Waals surface area contributed by atoms with Crippen LogP contribution in [-0.2, 0) is 10.0 Å². The topological polar surface area (TPSA) is 46.6 Å². The maximum absolute atomic E-state index is 12.9. The second-order valence-corrected chi connectivity index (χ2v) is 7.95. The van der Waals surface area contributed by atoms with E-state index in [1.54, 1.807) is 23.4 Å². The van der Waals surface area contributed by atoms with Crippen LogP contribution in [0.25, 0.3) is 0 Å². The molecule has 1 aliphatic carbocycles. The van der Waals surface area contributed by atoms with Gasteiger partial charge in [0.2, 0.25) is 10.0 Å². The Kier molecular flexibility index (Phi) is 3.92. The van der Waals surface area contributed by atoms with E-state index in [-0.39, 0.29) is 23.7 Å². The molecular formula is C15H20FNO3S. The van der Waals surface area contributed by atoms with Crippen LogP contribution in [0, 0.1) is 11.7 Å². The molecule has 1 aromatic carbocycles. The van der Waals surface area contributed by atoms with Gasteiger partial charge in [-0.15, -0.1) is 0 Å². The van der Waals surface area contributed by atoms with Crippen LogP contribution in [0.2, 0.25) is 0 Å². The Morgan fingerprint density at radius 3 is 2.67 bits per heavy atom. The van der Waals surface area contributed by atoms with E-state index in [9.17, 15) is 12.8 Å². The summed E-state index contributed by atoms with van der Waals surface area (Å²) in [5.41, 5.74) is 0. The molecule has 6 heteroatoms. The monoisotopic (exact) mass is 313 g/mol. The van der Waals surface area contributed by atoms with Gasteiger partial charge < -0.3 is 4.74 Å². The van der Waals surface area contributed by atoms with Gasteiger partial charge in [0.25, 0.3) is 0 Å². The molecule has 0 N–H and O–H groups in total. The van der Waals surface area contributed by atoms with Gasteiger partial charge in [0.1, 0.15) is 18.2 Å². The highest BCUT2D eigenvalue weighted by Gasteiger charge is 2.50. The zero-order chi connectivity index (χ0) is 15.0. The zero-order valence-electron chi connectivity index (χ0n) is 12.0. The van der Waals surface area contributed by atoms with Crippen molar-refractivity contribution < 1.29 is 17.5 Å². The lowest BCUT2D eigenvalue weighted by Crippen LogP contribution is -2.48. The number of fused-ring (bicyclic) bond motifs is 2. The summed E-state index contributed by atoms with van der Waals surface area (Å²) in [6.45, 7) is 2.02. The number of hydrogen-bond donors (Lipinski definition) is 0. The van der Waals surface area contributed by atoms with E-state index < -0.39 is 10.0 Å². The molecule has 2 aliphatic rings. The second-order valence-electron chi connectivity index (χ2n) is 5.79. The quantitative estimate of drug-likeness (QED) is 0.838. The molecule has 0 radical (unpaired) electrons. The minimum absolute atomic E-state index is 0.0845. The van der Waals surface area contributed by atoms with Crippen molar-refractivity contribution in [3.8, 4) is 5.75 Å². The molecule has 21 heavy (non-hydrogen) atoms. The third-order valence-corrected chi connectivity index (χ3v) is 6.54. The Balaban J connectivity index is 1.72. The first kappa shape index (κ1) is 14.8. The van der Waals surface area contributed by atoms with E-state index in [4.69, 9.17) is 4.74 Å². The van der Waals surface area contributed by atoms with Crippen LogP contribution in [0.4, 0.5) is 4.39 Å². The Labute approximate surface area is 125 Å². The van der Waals surface area contributed by atoms with Crippen LogP contribution in [0.5, 0.6) is 5.75 Å². The normalized spacial score (nSPS) is 29.0. The maximum atomic E-state index is 12.9. The standard InChI is InChI=1S/C15H20FNO3S/c1-2-21(18,19)17-13-6-3-11(9-13)15(17)10-20-14-7-4-12(16)5-8-14/h4-5,7-8,11,13,15H,2-3,6,9-10H2,1H3/t11-,13+,15+/m0/s1. The summed E-state index contributed by atoms with van der Waals surface area (Å²) in [6.07, 6.45) is 2.96. The lowest BCUT2D eigenvalue weighted by molar-refractivity contribution is 0.162. The van der Waals surface area contributed by atoms with E-state index in [0.29, 0.717) is 18.3 Å². The van der Waals surface area contributed by atoms with Crippen LogP contribution in [0.3, 0.4) is 0 Å². The highest BCUT2D eigenvalue weighted by Crippen LogP contribution is 2.44. The van der Waals surface area contributed by atoms with E-state index in [2.05, 4.69) is 0 Å². The van der Waals surface area contributed by atoms with Gasteiger partial charge in [-0.1, -0.05) is 0 Å². The van der Waals surface area contributed by atoms with Crippen molar-refractivity contribution in [3.63, 3.8) is 0 Å². The molecule has 0 amide bonds. The number of hydrogen-bond acceptors (Lipinski definition) is 3. The molecule has 4 nitrogen and oxygen atoms in total. The SMILES string of the molecule is CCS(=O)(=O)N1[C@@H]2CC[C@@H](C2)[C@H]1COc1ccc(F)cc1. The first-order valence-electron chi connectivity index (χ1n) is 7.41. The van der Waals surface area contributed by atoms with Crippen molar-refractivity contribution >= 4 is 10.0 Å². The molecule has 3 atom stereocenters. The van der Waals surface area contributed by atoms with E-state index in [1.165, 1.54) is 12.1 Å². The predicted octanol–water partition coefficient (Wildman–Crippen LogP) is 2.41. The largest absolute Gasteiger partial charge is 0.492 e. The molecule has 1 aliphatic heterocycles. The molecule has 0 unspecified atom stereocenters. The van der Waals surface area contributed by atoms with E-state index >= 15 is 0 Å². The first-order valence-corrected chi connectivity index (χ1v) is 9.01. The van der Waals surface area contributed by atoms with Crippen LogP contribution in [0.1, 0.15) is 26.2 Å². The minimum Gasteiger partial charge on any atom is -0.492 e. The van der Waals surface area contributed by atoms with Crippen LogP contribution < -0.4 is 4.74 Å². The first-order chi connectivity index (χ1) is 10.0. The summed E-state index contributed by atoms with van der Waals surface area (Å²) in [5.74, 6) is 0.783. The molecular weight excluding hydrogens is 293 g/mol. The molecule has 2 bridgehead atoms. The molecule has 1 saturated heterocycles. The van der Waals surface area contributed by atoms with Crippen molar-refractivity contribution in [2.45, 2.75) is 38.3 Å². The third kappa shape index (κ3) is 2.79. The smallest absolute Gasteiger partial charge is 0.214 e. The van der Waals surface area contributed by atoms with E-state index in [1.807, 2.05) is 0 Å². The number of benzene rings is 1. The number of nitrogens with zero attached hydrogens (tertiary/aromatic N) is 1. The maximum Gasteiger partial charge on any atom is 0.214 e. The van der Waals surface area contributed by atoms with E-state index in [0.717, 1.165) is 19.3 Å². The molecule has 1 saturated carbocycles. The lowest BCUT2D eigenvalue weighted by atomic mass is 10.0. The van der Waals surface area contributed by atoms with Crippen molar-refractivity contribution in [1.29, 1.82) is 0 Å². The molecule has 116 valence electrons. The number of ether oxygens (including phenoxy) is 1. The molecule has 0 spiro atoms. The highest BCUT2D eigenvalue weighted by atomic mass is 32.2. The summed E-state index contributed by atoms with van der Waals surface area (Å²) in [7, 11) is -3.20. The fourth-order valence-corrected chi connectivity index (χ4v) is 5.14. The van der Waals surface area contributed by atoms with Crippen molar-refractivity contribution in [1.82, 2.24) is 4.31 Å². The van der Waals surface area contributed by atoms with Gasteiger partial charge >= 0.3 is 0 Å². The van der Waals surface area contributed by atoms with Gasteiger partial charge in [-0.3, -0.25) is 0 Å². The van der Waals surface area contributed by atoms with Crippen molar-refractivity contribution in [2.24, 2.45) is 5.92 Å². The third-order valence-electron chi connectivity index (χ3n) is 4.60. The van der Waals surface area contributed by atoms with Gasteiger partial charge in [0.05, 0.1) is 11.8 Å². The van der Waals surface area contributed by atoms with Crippen LogP contribution in [-0.4, -0.2) is 37.2 Å². The number of piperidine rings is 1. The summed E-state index contributed by atoms with van der Waals surface area (Å²) in [6, 6.07) is 5.89. The minimum atomic E-state index is -3.20. The fourth-order valence-electron chi connectivity index (χ4n) is 3.56. The zero-order valence-corrected chi connectivity index (χ0v) is 12.9. The molecule has 0 aromatic heterocycles. The van der Waals surface area contributed by atoms with Crippen molar-refractivity contribution in [3.05, 3.63) is 30.1 Å². The van der Waals surface area contributed by atoms with Crippen LogP contribution in [0.15, 0.2) is 24.3 Å². The predicted molar refractivity (Wildman–Crippen MR) is 78.1 cm³/mol. The van der Waals surface area contributed by atoms with Gasteiger partial charge in [-0.2, -0.15) is 4.31 Å². The van der Waals surface area contributed by atoms with Gasteiger partial charge in [-0.05, 0) is 56.4 Å². The number of sulfonamides is 1. The van der Waals surface area contributed by atoms with Gasteiger partial charge in [0.15, 0.2) is 0 Å². The Hall–Kier alpha value is -1.14. The summed E-state index contributed by atoms with van der Waals surface area (Å²) < 4.78 is 44.8. The lowest BCUT2D eigenvalue weighted by Gasteiger charge is -2.33. The Morgan fingerprint density at radius 1 is 1.29 bits per heavy atom. The summed E-state index contributed by atoms with van der Waals surface area (Å²) >= 11 is 0. The molecule has 2 fully saturated rings. The average molecular weight is 313 g/mol. The fraction of sp³-hybridized carbons (Fsp3) is 0.600. The summed E-state index contributed by atoms with van der Waals surface area (Å²) in [5, 5.41) is 0. The molecule has 1 aromatic rings. The Morgan fingerprint density at radius 2 is 2.00 bits per heavy atom. The highest BCUT2D eigenvalue weighted by molar-refractivity contribution is 7.89. The molecule has 1 heterocycles. The number of rotatable bonds is 5. The molecule has 3 rings (SSSR count). The second kappa shape index (κ2) is 5.57. The van der Waals surface area contributed by atoms with Crippen LogP contribution >= 0.6 is 0 Å². The van der Waals surface area contributed by atoms with Gasteiger partial charge in [0, 0.05) is 6.04 Å². The Bertz CT molecular complexity index is 602. The number of halogens is 1.